The lowest BCUT2D eigenvalue weighted by Gasteiger charge is -2.24. The summed E-state index contributed by atoms with van der Waals surface area (Å²) in [6.07, 6.45) is 0. The SMILES string of the molecule is Cc1ccccc1CNC(=O)CN(c1ccc(I)cc1)S(=O)(=O)c1ccccc1. The van der Waals surface area contributed by atoms with Gasteiger partial charge in [-0.2, -0.15) is 0 Å². The molecule has 1 amide bonds. The molecule has 0 saturated heterocycles. The Balaban J connectivity index is 1.84. The van der Waals surface area contributed by atoms with Gasteiger partial charge in [0.25, 0.3) is 10.0 Å². The molecule has 0 radical (unpaired) electrons. The van der Waals surface area contributed by atoms with E-state index in [1.165, 1.54) is 12.1 Å². The summed E-state index contributed by atoms with van der Waals surface area (Å²) in [5.74, 6) is -0.369. The summed E-state index contributed by atoms with van der Waals surface area (Å²) in [6, 6.07) is 22.9. The minimum atomic E-state index is -3.88. The van der Waals surface area contributed by atoms with Crippen LogP contribution in [0.5, 0.6) is 0 Å². The van der Waals surface area contributed by atoms with Crippen LogP contribution in [0.2, 0.25) is 0 Å². The van der Waals surface area contributed by atoms with E-state index in [4.69, 9.17) is 0 Å². The van der Waals surface area contributed by atoms with Gasteiger partial charge in [-0.05, 0) is 77.0 Å². The first-order chi connectivity index (χ1) is 13.9. The molecule has 7 heteroatoms. The molecule has 0 aliphatic rings. The summed E-state index contributed by atoms with van der Waals surface area (Å²) < 4.78 is 28.6. The minimum Gasteiger partial charge on any atom is -0.350 e. The van der Waals surface area contributed by atoms with Crippen LogP contribution in [0.25, 0.3) is 0 Å². The van der Waals surface area contributed by atoms with Gasteiger partial charge in [-0.1, -0.05) is 42.5 Å². The Morgan fingerprint density at radius 3 is 2.21 bits per heavy atom. The number of nitrogens with zero attached hydrogens (tertiary/aromatic N) is 1. The van der Waals surface area contributed by atoms with Crippen LogP contribution < -0.4 is 9.62 Å². The predicted octanol–water partition coefficient (Wildman–Crippen LogP) is 4.11. The van der Waals surface area contributed by atoms with E-state index in [0.717, 1.165) is 19.0 Å². The van der Waals surface area contributed by atoms with Gasteiger partial charge in [0.2, 0.25) is 5.91 Å². The largest absolute Gasteiger partial charge is 0.350 e. The van der Waals surface area contributed by atoms with Crippen LogP contribution in [0, 0.1) is 10.5 Å². The Kier molecular flexibility index (Phi) is 6.92. The number of amides is 1. The van der Waals surface area contributed by atoms with Crippen LogP contribution in [-0.2, 0) is 21.4 Å². The summed E-state index contributed by atoms with van der Waals surface area (Å²) in [7, 11) is -3.88. The number of halogens is 1. The minimum absolute atomic E-state index is 0.144. The first-order valence-corrected chi connectivity index (χ1v) is 11.5. The van der Waals surface area contributed by atoms with Crippen molar-refractivity contribution in [1.29, 1.82) is 0 Å². The first-order valence-electron chi connectivity index (χ1n) is 9.02. The summed E-state index contributed by atoms with van der Waals surface area (Å²) in [5, 5.41) is 2.83. The molecule has 5 nitrogen and oxygen atoms in total. The zero-order chi connectivity index (χ0) is 20.9. The zero-order valence-corrected chi connectivity index (χ0v) is 18.9. The van der Waals surface area contributed by atoms with E-state index < -0.39 is 10.0 Å². The number of carbonyl (C=O) groups excluding carboxylic acids is 1. The highest BCUT2D eigenvalue weighted by atomic mass is 127. The molecule has 0 aliphatic heterocycles. The highest BCUT2D eigenvalue weighted by Crippen LogP contribution is 2.24. The first kappa shape index (κ1) is 21.3. The number of nitrogens with one attached hydrogen (secondary N) is 1. The van der Waals surface area contributed by atoms with E-state index in [1.807, 2.05) is 43.3 Å². The van der Waals surface area contributed by atoms with Crippen molar-refractivity contribution in [2.45, 2.75) is 18.4 Å². The molecule has 0 saturated carbocycles. The molecular weight excluding hydrogens is 499 g/mol. The van der Waals surface area contributed by atoms with Gasteiger partial charge in [-0.15, -0.1) is 0 Å². The summed E-state index contributed by atoms with van der Waals surface area (Å²) in [5.41, 5.74) is 2.51. The smallest absolute Gasteiger partial charge is 0.264 e. The fraction of sp³-hybridized carbons (Fsp3) is 0.136. The fourth-order valence-corrected chi connectivity index (χ4v) is 4.63. The average molecular weight is 520 g/mol. The van der Waals surface area contributed by atoms with Crippen molar-refractivity contribution in [3.63, 3.8) is 0 Å². The normalized spacial score (nSPS) is 11.1. The second-order valence-electron chi connectivity index (χ2n) is 6.50. The molecule has 1 N–H and O–H groups in total. The van der Waals surface area contributed by atoms with Gasteiger partial charge in [0.1, 0.15) is 6.54 Å². The monoisotopic (exact) mass is 520 g/mol. The number of anilines is 1. The fourth-order valence-electron chi connectivity index (χ4n) is 2.83. The third-order valence-electron chi connectivity index (χ3n) is 4.47. The Labute approximate surface area is 184 Å². The second kappa shape index (κ2) is 9.41. The van der Waals surface area contributed by atoms with E-state index >= 15 is 0 Å². The maximum atomic E-state index is 13.2. The maximum Gasteiger partial charge on any atom is 0.264 e. The molecule has 0 unspecified atom stereocenters. The molecule has 3 aromatic carbocycles. The second-order valence-corrected chi connectivity index (χ2v) is 9.61. The van der Waals surface area contributed by atoms with Crippen LogP contribution in [-0.4, -0.2) is 20.9 Å². The average Bonchev–Trinajstić information content (AvgIpc) is 2.73. The van der Waals surface area contributed by atoms with Crippen LogP contribution in [0.3, 0.4) is 0 Å². The van der Waals surface area contributed by atoms with Crippen molar-refractivity contribution in [3.8, 4) is 0 Å². The quantitative estimate of drug-likeness (QED) is 0.477. The number of aryl methyl sites for hydroxylation is 1. The number of rotatable bonds is 7. The Hall–Kier alpha value is -2.39. The van der Waals surface area contributed by atoms with Gasteiger partial charge in [-0.25, -0.2) is 8.42 Å². The highest BCUT2D eigenvalue weighted by Gasteiger charge is 2.27. The third kappa shape index (κ3) is 5.36. The van der Waals surface area contributed by atoms with Crippen molar-refractivity contribution in [1.82, 2.24) is 5.32 Å². The van der Waals surface area contributed by atoms with Crippen molar-refractivity contribution >= 4 is 44.2 Å². The molecule has 150 valence electrons. The van der Waals surface area contributed by atoms with Gasteiger partial charge >= 0.3 is 0 Å². The topological polar surface area (TPSA) is 66.5 Å². The van der Waals surface area contributed by atoms with Crippen LogP contribution in [0.1, 0.15) is 11.1 Å². The van der Waals surface area contributed by atoms with E-state index in [-0.39, 0.29) is 17.3 Å². The molecule has 3 rings (SSSR count). The van der Waals surface area contributed by atoms with Gasteiger partial charge in [0.15, 0.2) is 0 Å². The lowest BCUT2D eigenvalue weighted by molar-refractivity contribution is -0.119. The van der Waals surface area contributed by atoms with Gasteiger partial charge in [-0.3, -0.25) is 9.10 Å². The van der Waals surface area contributed by atoms with Gasteiger partial charge in [0.05, 0.1) is 10.6 Å². The van der Waals surface area contributed by atoms with Crippen LogP contribution in [0.15, 0.2) is 83.8 Å². The molecule has 0 fully saturated rings. The molecule has 0 bridgehead atoms. The molecule has 3 aromatic rings. The van der Waals surface area contributed by atoms with E-state index in [0.29, 0.717) is 12.2 Å². The molecule has 0 heterocycles. The Morgan fingerprint density at radius 1 is 0.931 bits per heavy atom. The number of hydrogen-bond donors (Lipinski definition) is 1. The van der Waals surface area contributed by atoms with Crippen molar-refractivity contribution in [3.05, 3.63) is 93.6 Å². The summed E-state index contributed by atoms with van der Waals surface area (Å²) in [6.45, 7) is 2.01. The lowest BCUT2D eigenvalue weighted by Crippen LogP contribution is -2.40. The number of sulfonamides is 1. The number of carbonyl (C=O) groups is 1. The number of benzene rings is 3. The highest BCUT2D eigenvalue weighted by molar-refractivity contribution is 14.1. The maximum absolute atomic E-state index is 13.2. The van der Waals surface area contributed by atoms with E-state index in [2.05, 4.69) is 27.9 Å². The number of hydrogen-bond acceptors (Lipinski definition) is 3. The Morgan fingerprint density at radius 2 is 1.55 bits per heavy atom. The van der Waals surface area contributed by atoms with Gasteiger partial charge < -0.3 is 5.32 Å². The van der Waals surface area contributed by atoms with Gasteiger partial charge in [0, 0.05) is 10.1 Å². The standard InChI is InChI=1S/C22H21IN2O3S/c1-17-7-5-6-8-18(17)15-24-22(26)16-25(20-13-11-19(23)12-14-20)29(27,28)21-9-3-2-4-10-21/h2-14H,15-16H2,1H3,(H,24,26). The molecule has 29 heavy (non-hydrogen) atoms. The van der Waals surface area contributed by atoms with E-state index in [9.17, 15) is 13.2 Å². The summed E-state index contributed by atoms with van der Waals surface area (Å²) in [4.78, 5) is 12.8. The third-order valence-corrected chi connectivity index (χ3v) is 6.98. The van der Waals surface area contributed by atoms with Crippen LogP contribution in [0.4, 0.5) is 5.69 Å². The molecule has 0 aliphatic carbocycles. The Bertz CT molecular complexity index is 1080. The van der Waals surface area contributed by atoms with Crippen LogP contribution >= 0.6 is 22.6 Å². The summed E-state index contributed by atoms with van der Waals surface area (Å²) >= 11 is 2.15. The molecular formula is C22H21IN2O3S. The predicted molar refractivity (Wildman–Crippen MR) is 123 cm³/mol. The van der Waals surface area contributed by atoms with Crippen molar-refractivity contribution in [2.24, 2.45) is 0 Å². The van der Waals surface area contributed by atoms with Crippen molar-refractivity contribution in [2.75, 3.05) is 10.8 Å². The molecule has 0 aromatic heterocycles. The zero-order valence-electron chi connectivity index (χ0n) is 15.9. The molecule has 0 atom stereocenters. The molecule has 0 spiro atoms. The lowest BCUT2D eigenvalue weighted by atomic mass is 10.1. The van der Waals surface area contributed by atoms with Crippen molar-refractivity contribution < 1.29 is 13.2 Å². The van der Waals surface area contributed by atoms with E-state index in [1.54, 1.807) is 30.3 Å².